The lowest BCUT2D eigenvalue weighted by Gasteiger charge is -2.33. The lowest BCUT2D eigenvalue weighted by molar-refractivity contribution is -0.223. The van der Waals surface area contributed by atoms with Gasteiger partial charge in [-0.2, -0.15) is 17.6 Å². The Hall–Kier alpha value is -2.78. The van der Waals surface area contributed by atoms with Crippen molar-refractivity contribution in [2.75, 3.05) is 0 Å². The lowest BCUT2D eigenvalue weighted by Crippen LogP contribution is -2.37. The molecule has 0 radical (unpaired) electrons. The molecule has 0 unspecified atom stereocenters. The molecule has 0 amide bonds. The van der Waals surface area contributed by atoms with Gasteiger partial charge in [0.1, 0.15) is 17.4 Å². The molecule has 0 aliphatic heterocycles. The van der Waals surface area contributed by atoms with Gasteiger partial charge in [-0.1, -0.05) is 26.2 Å². The van der Waals surface area contributed by atoms with Gasteiger partial charge in [-0.05, 0) is 49.3 Å². The lowest BCUT2D eigenvalue weighted by atomic mass is 9.79. The van der Waals surface area contributed by atoms with Crippen molar-refractivity contribution in [1.82, 2.24) is 0 Å². The maximum atomic E-state index is 14.7. The van der Waals surface area contributed by atoms with E-state index in [9.17, 15) is 35.1 Å². The maximum Gasteiger partial charge on any atom is 0.400 e. The fourth-order valence-corrected chi connectivity index (χ4v) is 4.33. The predicted octanol–water partition coefficient (Wildman–Crippen LogP) is 8.99. The molecule has 0 aromatic heterocycles. The number of halogens is 8. The molecule has 1 fully saturated rings. The van der Waals surface area contributed by atoms with Gasteiger partial charge >= 0.3 is 12.2 Å². The van der Waals surface area contributed by atoms with Gasteiger partial charge < -0.3 is 9.47 Å². The number of rotatable bonds is 9. The standard InChI is InChI=1S/C25H24F8O2/c1-2-3-4-14-5-7-16(8-6-14)25(32,33)35-17-11-18(26)23(19(27)12-17)15-9-20(28)24(21(29)10-15)34-13-22(30)31/h9-14,16H,2-8H2,1H3. The highest BCUT2D eigenvalue weighted by Gasteiger charge is 2.44. The monoisotopic (exact) mass is 508 g/mol. The zero-order valence-electron chi connectivity index (χ0n) is 18.8. The number of alkyl halides is 2. The SMILES string of the molecule is CCCCC1CCC(C(F)(F)Oc2cc(F)c(-c3cc(F)c(OC=C(F)F)c(F)c3)c(F)c2)CC1. The summed E-state index contributed by atoms with van der Waals surface area (Å²) in [6.07, 6.45) is -1.50. The van der Waals surface area contributed by atoms with Crippen molar-refractivity contribution in [1.29, 1.82) is 0 Å². The Balaban J connectivity index is 1.77. The Bertz CT molecular complexity index is 1010. The largest absolute Gasteiger partial charge is 0.453 e. The van der Waals surface area contributed by atoms with E-state index in [2.05, 4.69) is 16.4 Å². The fraction of sp³-hybridized carbons (Fsp3) is 0.440. The van der Waals surface area contributed by atoms with Crippen LogP contribution in [-0.2, 0) is 0 Å². The van der Waals surface area contributed by atoms with Crippen LogP contribution in [0, 0.1) is 35.1 Å². The Labute approximate surface area is 197 Å². The molecule has 1 aliphatic rings. The van der Waals surface area contributed by atoms with E-state index in [0.29, 0.717) is 43.0 Å². The number of hydrogen-bond acceptors (Lipinski definition) is 2. The van der Waals surface area contributed by atoms with Gasteiger partial charge in [0.05, 0.1) is 11.5 Å². The van der Waals surface area contributed by atoms with E-state index in [1.165, 1.54) is 0 Å². The third-order valence-electron chi connectivity index (χ3n) is 6.11. The minimum atomic E-state index is -3.66. The van der Waals surface area contributed by atoms with E-state index in [-0.39, 0.29) is 19.1 Å². The Morgan fingerprint density at radius 3 is 2.00 bits per heavy atom. The number of ether oxygens (including phenoxy) is 2. The quantitative estimate of drug-likeness (QED) is 0.249. The highest BCUT2D eigenvalue weighted by Crippen LogP contribution is 2.42. The molecule has 0 heterocycles. The smallest absolute Gasteiger partial charge is 0.400 e. The van der Waals surface area contributed by atoms with Crippen molar-refractivity contribution in [3.05, 3.63) is 59.9 Å². The van der Waals surface area contributed by atoms with Crippen LogP contribution in [-0.4, -0.2) is 6.11 Å². The van der Waals surface area contributed by atoms with Gasteiger partial charge in [-0.25, -0.2) is 17.6 Å². The fourth-order valence-electron chi connectivity index (χ4n) is 4.33. The van der Waals surface area contributed by atoms with Gasteiger partial charge in [-0.3, -0.25) is 0 Å². The van der Waals surface area contributed by atoms with Crippen LogP contribution < -0.4 is 9.47 Å². The third-order valence-corrected chi connectivity index (χ3v) is 6.11. The van der Waals surface area contributed by atoms with Crippen molar-refractivity contribution >= 4 is 0 Å². The Morgan fingerprint density at radius 2 is 1.49 bits per heavy atom. The first-order chi connectivity index (χ1) is 16.5. The van der Waals surface area contributed by atoms with Crippen LogP contribution in [0.3, 0.4) is 0 Å². The minimum Gasteiger partial charge on any atom is -0.453 e. The first-order valence-corrected chi connectivity index (χ1v) is 11.2. The molecule has 0 N–H and O–H groups in total. The van der Waals surface area contributed by atoms with Crippen molar-refractivity contribution in [3.63, 3.8) is 0 Å². The molecular formula is C25H24F8O2. The number of hydrogen-bond donors (Lipinski definition) is 0. The van der Waals surface area contributed by atoms with Crippen LogP contribution in [0.1, 0.15) is 51.9 Å². The topological polar surface area (TPSA) is 18.5 Å². The van der Waals surface area contributed by atoms with Crippen molar-refractivity contribution < 1.29 is 44.6 Å². The minimum absolute atomic E-state index is 0.202. The van der Waals surface area contributed by atoms with Crippen molar-refractivity contribution in [2.45, 2.75) is 58.0 Å². The van der Waals surface area contributed by atoms with Gasteiger partial charge in [0, 0.05) is 12.1 Å². The van der Waals surface area contributed by atoms with Gasteiger partial charge in [-0.15, -0.1) is 0 Å². The molecule has 1 aliphatic carbocycles. The van der Waals surface area contributed by atoms with E-state index in [4.69, 9.17) is 0 Å². The second kappa shape index (κ2) is 11.3. The summed E-state index contributed by atoms with van der Waals surface area (Å²) < 4.78 is 120. The van der Waals surface area contributed by atoms with E-state index < -0.39 is 64.0 Å². The van der Waals surface area contributed by atoms with Crippen LogP contribution in [0.15, 0.2) is 36.6 Å². The second-order valence-electron chi connectivity index (χ2n) is 8.58. The van der Waals surface area contributed by atoms with Crippen molar-refractivity contribution in [2.24, 2.45) is 11.8 Å². The molecule has 3 rings (SSSR count). The van der Waals surface area contributed by atoms with E-state index >= 15 is 0 Å². The summed E-state index contributed by atoms with van der Waals surface area (Å²) in [6, 6.07) is 1.94. The average Bonchev–Trinajstić information content (AvgIpc) is 2.76. The molecule has 2 aromatic carbocycles. The van der Waals surface area contributed by atoms with E-state index in [1.807, 2.05) is 0 Å². The summed E-state index contributed by atoms with van der Waals surface area (Å²) in [5.74, 6) is -8.51. The van der Waals surface area contributed by atoms with Crippen LogP contribution in [0.5, 0.6) is 11.5 Å². The summed E-state index contributed by atoms with van der Waals surface area (Å²) in [7, 11) is 0. The second-order valence-corrected chi connectivity index (χ2v) is 8.58. The van der Waals surface area contributed by atoms with Crippen LogP contribution in [0.25, 0.3) is 11.1 Å². The molecule has 2 nitrogen and oxygen atoms in total. The maximum absolute atomic E-state index is 14.7. The summed E-state index contributed by atoms with van der Waals surface area (Å²) in [6.45, 7) is 2.06. The summed E-state index contributed by atoms with van der Waals surface area (Å²) in [4.78, 5) is 0. The first-order valence-electron chi connectivity index (χ1n) is 11.2. The normalized spacial score (nSPS) is 18.3. The summed E-state index contributed by atoms with van der Waals surface area (Å²) >= 11 is 0. The van der Waals surface area contributed by atoms with E-state index in [0.717, 1.165) is 19.3 Å². The van der Waals surface area contributed by atoms with Crippen LogP contribution in [0.2, 0.25) is 0 Å². The van der Waals surface area contributed by atoms with E-state index in [1.54, 1.807) is 0 Å². The third kappa shape index (κ3) is 6.67. The zero-order chi connectivity index (χ0) is 25.8. The molecule has 0 atom stereocenters. The summed E-state index contributed by atoms with van der Waals surface area (Å²) in [5, 5.41) is 0. The molecule has 0 bridgehead atoms. The number of benzene rings is 2. The first kappa shape index (κ1) is 26.8. The van der Waals surface area contributed by atoms with Gasteiger partial charge in [0.15, 0.2) is 23.6 Å². The highest BCUT2D eigenvalue weighted by atomic mass is 19.3. The average molecular weight is 508 g/mol. The molecule has 192 valence electrons. The Kier molecular flexibility index (Phi) is 8.66. The molecule has 0 spiro atoms. The molecule has 0 saturated heterocycles. The predicted molar refractivity (Wildman–Crippen MR) is 113 cm³/mol. The number of unbranched alkanes of at least 4 members (excludes halogenated alkanes) is 1. The zero-order valence-corrected chi connectivity index (χ0v) is 18.8. The molecule has 35 heavy (non-hydrogen) atoms. The Morgan fingerprint density at radius 1 is 0.914 bits per heavy atom. The van der Waals surface area contributed by atoms with Gasteiger partial charge in [0.25, 0.3) is 0 Å². The van der Waals surface area contributed by atoms with Gasteiger partial charge in [0.2, 0.25) is 0 Å². The summed E-state index contributed by atoms with van der Waals surface area (Å²) in [5.41, 5.74) is -1.54. The molecule has 10 heteroatoms. The molecule has 1 saturated carbocycles. The van der Waals surface area contributed by atoms with Crippen LogP contribution in [0.4, 0.5) is 35.1 Å². The molecular weight excluding hydrogens is 484 g/mol. The molecule has 2 aromatic rings. The van der Waals surface area contributed by atoms with Crippen LogP contribution >= 0.6 is 0 Å². The highest BCUT2D eigenvalue weighted by molar-refractivity contribution is 5.67. The van der Waals surface area contributed by atoms with Crippen molar-refractivity contribution in [3.8, 4) is 22.6 Å².